The third-order valence-corrected chi connectivity index (χ3v) is 4.28. The number of carboxylic acid groups (broad SMARTS) is 1. The molecule has 2 N–H and O–H groups in total. The smallest absolute Gasteiger partial charge is 0.306 e. The molecule has 4 rings (SSSR count). The highest BCUT2D eigenvalue weighted by atomic mass is 16.6. The zero-order chi connectivity index (χ0) is 15.1. The van der Waals surface area contributed by atoms with Crippen molar-refractivity contribution in [2.45, 2.75) is 12.8 Å². The van der Waals surface area contributed by atoms with Gasteiger partial charge in [-0.3, -0.25) is 4.79 Å². The van der Waals surface area contributed by atoms with Crippen molar-refractivity contribution in [3.8, 4) is 11.5 Å². The molecule has 0 unspecified atom stereocenters. The Kier molecular flexibility index (Phi) is 3.06. The number of benzene rings is 1. The molecule has 2 aromatic rings. The molecule has 1 fully saturated rings. The number of fused-ring (bicyclic) bond motifs is 2. The second-order valence-corrected chi connectivity index (χ2v) is 5.67. The number of piperidine rings is 1. The van der Waals surface area contributed by atoms with Gasteiger partial charge in [0.05, 0.1) is 17.0 Å². The van der Waals surface area contributed by atoms with Crippen LogP contribution in [0.2, 0.25) is 0 Å². The predicted octanol–water partition coefficient (Wildman–Crippen LogP) is 1.64. The fourth-order valence-electron chi connectivity index (χ4n) is 3.02. The number of anilines is 1. The molecule has 0 radical (unpaired) electrons. The number of rotatable bonds is 2. The van der Waals surface area contributed by atoms with Gasteiger partial charge >= 0.3 is 5.97 Å². The van der Waals surface area contributed by atoms with E-state index in [9.17, 15) is 4.79 Å². The number of hydrogen-bond acceptors (Lipinski definition) is 5. The molecule has 22 heavy (non-hydrogen) atoms. The lowest BCUT2D eigenvalue weighted by Crippen LogP contribution is -2.36. The van der Waals surface area contributed by atoms with Crippen molar-refractivity contribution in [3.63, 3.8) is 0 Å². The summed E-state index contributed by atoms with van der Waals surface area (Å²) >= 11 is 0. The maximum absolute atomic E-state index is 11.0. The summed E-state index contributed by atoms with van der Waals surface area (Å²) in [5.74, 6) is 1.29. The van der Waals surface area contributed by atoms with Crippen LogP contribution in [0.4, 0.5) is 5.95 Å². The summed E-state index contributed by atoms with van der Waals surface area (Å²) in [6.07, 6.45) is 1.30. The third-order valence-electron chi connectivity index (χ3n) is 4.28. The molecule has 0 bridgehead atoms. The first kappa shape index (κ1) is 13.2. The number of hydrogen-bond donors (Lipinski definition) is 2. The van der Waals surface area contributed by atoms with Gasteiger partial charge in [-0.25, -0.2) is 4.98 Å². The Morgan fingerprint density at radius 2 is 1.91 bits per heavy atom. The van der Waals surface area contributed by atoms with Crippen molar-refractivity contribution < 1.29 is 19.4 Å². The van der Waals surface area contributed by atoms with Crippen LogP contribution in [0.25, 0.3) is 11.0 Å². The Labute approximate surface area is 126 Å². The van der Waals surface area contributed by atoms with E-state index < -0.39 is 5.97 Å². The molecule has 2 aliphatic heterocycles. The van der Waals surface area contributed by atoms with Gasteiger partial charge in [0.15, 0.2) is 11.5 Å². The third kappa shape index (κ3) is 2.22. The molecule has 116 valence electrons. The van der Waals surface area contributed by atoms with E-state index >= 15 is 0 Å². The van der Waals surface area contributed by atoms with Crippen molar-refractivity contribution in [1.82, 2.24) is 9.97 Å². The largest absolute Gasteiger partial charge is 0.486 e. The van der Waals surface area contributed by atoms with Gasteiger partial charge in [0, 0.05) is 25.2 Å². The molecule has 0 atom stereocenters. The summed E-state index contributed by atoms with van der Waals surface area (Å²) in [6, 6.07) is 3.79. The van der Waals surface area contributed by atoms with Crippen molar-refractivity contribution in [2.24, 2.45) is 5.92 Å². The molecule has 0 aliphatic carbocycles. The monoisotopic (exact) mass is 303 g/mol. The number of aromatic amines is 1. The molecule has 2 aliphatic rings. The Balaban J connectivity index is 1.59. The van der Waals surface area contributed by atoms with E-state index in [0.717, 1.165) is 28.5 Å². The first-order chi connectivity index (χ1) is 10.7. The Morgan fingerprint density at radius 3 is 2.59 bits per heavy atom. The van der Waals surface area contributed by atoms with Crippen LogP contribution in [0.1, 0.15) is 12.8 Å². The Bertz CT molecular complexity index is 676. The van der Waals surface area contributed by atoms with Crippen molar-refractivity contribution in [2.75, 3.05) is 31.2 Å². The second-order valence-electron chi connectivity index (χ2n) is 5.67. The normalized spacial score (nSPS) is 18.6. The van der Waals surface area contributed by atoms with Crippen LogP contribution in [-0.2, 0) is 4.79 Å². The van der Waals surface area contributed by atoms with Crippen LogP contribution in [-0.4, -0.2) is 47.3 Å². The van der Waals surface area contributed by atoms with Crippen LogP contribution < -0.4 is 14.4 Å². The predicted molar refractivity (Wildman–Crippen MR) is 79.7 cm³/mol. The topological polar surface area (TPSA) is 87.7 Å². The highest BCUT2D eigenvalue weighted by molar-refractivity contribution is 5.82. The first-order valence-corrected chi connectivity index (χ1v) is 7.48. The average molecular weight is 303 g/mol. The molecule has 7 heteroatoms. The van der Waals surface area contributed by atoms with Crippen molar-refractivity contribution in [3.05, 3.63) is 12.1 Å². The number of carbonyl (C=O) groups is 1. The van der Waals surface area contributed by atoms with E-state index in [-0.39, 0.29) is 5.92 Å². The van der Waals surface area contributed by atoms with Gasteiger partial charge in [-0.2, -0.15) is 0 Å². The van der Waals surface area contributed by atoms with Crippen molar-refractivity contribution in [1.29, 1.82) is 0 Å². The quantitative estimate of drug-likeness (QED) is 0.877. The number of aliphatic carboxylic acids is 1. The van der Waals surface area contributed by atoms with E-state index in [2.05, 4.69) is 14.9 Å². The first-order valence-electron chi connectivity index (χ1n) is 7.48. The lowest BCUT2D eigenvalue weighted by atomic mass is 9.97. The summed E-state index contributed by atoms with van der Waals surface area (Å²) in [7, 11) is 0. The fourth-order valence-corrected chi connectivity index (χ4v) is 3.02. The van der Waals surface area contributed by atoms with Gasteiger partial charge in [-0.05, 0) is 12.8 Å². The van der Waals surface area contributed by atoms with Crippen LogP contribution in [0, 0.1) is 5.92 Å². The molecular weight excluding hydrogens is 286 g/mol. The van der Waals surface area contributed by atoms with Gasteiger partial charge in [0.2, 0.25) is 5.95 Å². The lowest BCUT2D eigenvalue weighted by molar-refractivity contribution is -0.142. The summed E-state index contributed by atoms with van der Waals surface area (Å²) in [4.78, 5) is 21.0. The zero-order valence-corrected chi connectivity index (χ0v) is 12.0. The number of nitrogens with one attached hydrogen (secondary N) is 1. The summed E-state index contributed by atoms with van der Waals surface area (Å²) in [5, 5.41) is 9.06. The van der Waals surface area contributed by atoms with E-state index in [1.165, 1.54) is 0 Å². The van der Waals surface area contributed by atoms with Gasteiger partial charge in [-0.1, -0.05) is 0 Å². The maximum atomic E-state index is 11.0. The van der Waals surface area contributed by atoms with E-state index in [1.54, 1.807) is 0 Å². The number of aromatic nitrogens is 2. The minimum Gasteiger partial charge on any atom is -0.486 e. The second kappa shape index (κ2) is 5.08. The van der Waals surface area contributed by atoms with E-state index in [1.807, 2.05) is 12.1 Å². The highest BCUT2D eigenvalue weighted by Crippen LogP contribution is 2.35. The molecule has 7 nitrogen and oxygen atoms in total. The van der Waals surface area contributed by atoms with Gasteiger partial charge in [-0.15, -0.1) is 0 Å². The highest BCUT2D eigenvalue weighted by Gasteiger charge is 2.26. The number of imidazole rings is 1. The molecule has 0 amide bonds. The summed E-state index contributed by atoms with van der Waals surface area (Å²) in [5.41, 5.74) is 1.74. The van der Waals surface area contributed by atoms with Crippen LogP contribution in [0.3, 0.4) is 0 Å². The SMILES string of the molecule is O=C(O)C1CCN(c2nc3cc4c(cc3[nH]2)OCCO4)CC1. The Hall–Kier alpha value is -2.44. The molecule has 1 saturated heterocycles. The van der Waals surface area contributed by atoms with Crippen LogP contribution in [0.5, 0.6) is 11.5 Å². The van der Waals surface area contributed by atoms with Gasteiger partial charge < -0.3 is 24.5 Å². The number of H-pyrrole nitrogens is 1. The standard InChI is InChI=1S/C15H17N3O4/c19-14(20)9-1-3-18(4-2-9)15-16-10-7-12-13(8-11(10)17-15)22-6-5-21-12/h7-9H,1-6H2,(H,16,17)(H,19,20). The van der Waals surface area contributed by atoms with Crippen molar-refractivity contribution >= 4 is 23.0 Å². The fraction of sp³-hybridized carbons (Fsp3) is 0.467. The Morgan fingerprint density at radius 1 is 1.23 bits per heavy atom. The maximum Gasteiger partial charge on any atom is 0.306 e. The molecule has 3 heterocycles. The summed E-state index contributed by atoms with van der Waals surface area (Å²) < 4.78 is 11.1. The van der Waals surface area contributed by atoms with E-state index in [4.69, 9.17) is 14.6 Å². The molecule has 0 saturated carbocycles. The van der Waals surface area contributed by atoms with Gasteiger partial charge in [0.1, 0.15) is 13.2 Å². The zero-order valence-electron chi connectivity index (χ0n) is 12.0. The van der Waals surface area contributed by atoms with Gasteiger partial charge in [0.25, 0.3) is 0 Å². The molecule has 1 aromatic carbocycles. The van der Waals surface area contributed by atoms with E-state index in [0.29, 0.717) is 39.1 Å². The molecular formula is C15H17N3O4. The minimum atomic E-state index is -0.703. The molecule has 1 aromatic heterocycles. The lowest BCUT2D eigenvalue weighted by Gasteiger charge is -2.29. The summed E-state index contributed by atoms with van der Waals surface area (Å²) in [6.45, 7) is 2.51. The number of carboxylic acids is 1. The van der Waals surface area contributed by atoms with Crippen LogP contribution >= 0.6 is 0 Å². The minimum absolute atomic E-state index is 0.241. The molecule has 0 spiro atoms. The average Bonchev–Trinajstić information content (AvgIpc) is 2.95. The van der Waals surface area contributed by atoms with Crippen LogP contribution in [0.15, 0.2) is 12.1 Å². The number of nitrogens with zero attached hydrogens (tertiary/aromatic N) is 2. The number of ether oxygens (including phenoxy) is 2.